The highest BCUT2D eigenvalue weighted by atomic mass is 31.2. The number of aliphatic hydroxyl groups excluding tert-OH is 1. The van der Waals surface area contributed by atoms with Crippen LogP contribution in [0.4, 0.5) is 0 Å². The van der Waals surface area contributed by atoms with Gasteiger partial charge in [-0.05, 0) is 54.5 Å². The van der Waals surface area contributed by atoms with Crippen molar-refractivity contribution in [1.29, 1.82) is 0 Å². The van der Waals surface area contributed by atoms with E-state index in [1.165, 1.54) is 135 Å². The minimum atomic E-state index is -4.76. The standard InChI is InChI=1S/C63H106N5O10P/c1-5-7-9-11-13-15-17-18-19-20-21-22-24-26-28-30-35-39-59(70)67-58(62(72)64-43-42-54(69)38-34-29-27-25-23-16-14-12-10-8-6-2)50-78-79(74,75)77-45-44-65-63(73)61(51(3)4)68-60(71)46-53-48-66-57-41-40-55(47-56(53)57)76-49-52-36-32-31-33-37-52/h31-33,36-37,40-41,47-48,51,54,58,61,66,69H,5-30,34-35,38-39,42-46,49-50H2,1-4H3,(H,64,72)(H,65,73)(H,67,70)(H,68,71)(H,74,75)/t54?,58-,61-/m0/s1. The summed E-state index contributed by atoms with van der Waals surface area (Å²) in [7, 11) is -4.76. The number of carbonyl (C=O) groups is 4. The molecule has 0 radical (unpaired) electrons. The zero-order valence-electron chi connectivity index (χ0n) is 49.3. The first-order valence-corrected chi connectivity index (χ1v) is 32.5. The topological polar surface area (TPSA) is 217 Å². The summed E-state index contributed by atoms with van der Waals surface area (Å²) in [5, 5.41) is 22.4. The Hall–Kier alpha value is -4.27. The van der Waals surface area contributed by atoms with Gasteiger partial charge in [0.25, 0.3) is 0 Å². The lowest BCUT2D eigenvalue weighted by atomic mass is 10.0. The van der Waals surface area contributed by atoms with Crippen molar-refractivity contribution in [3.05, 3.63) is 65.9 Å². The van der Waals surface area contributed by atoms with E-state index in [4.69, 9.17) is 13.8 Å². The smallest absolute Gasteiger partial charge is 0.472 e. The van der Waals surface area contributed by atoms with Gasteiger partial charge >= 0.3 is 7.82 Å². The summed E-state index contributed by atoms with van der Waals surface area (Å²) in [6, 6.07) is 13.3. The van der Waals surface area contributed by atoms with Crippen LogP contribution in [0, 0.1) is 5.92 Å². The molecule has 1 heterocycles. The van der Waals surface area contributed by atoms with Gasteiger partial charge in [-0.25, -0.2) is 4.57 Å². The van der Waals surface area contributed by atoms with Gasteiger partial charge in [-0.3, -0.25) is 28.2 Å². The van der Waals surface area contributed by atoms with Gasteiger partial charge in [0.15, 0.2) is 0 Å². The summed E-state index contributed by atoms with van der Waals surface area (Å²) in [6.45, 7) is 7.41. The van der Waals surface area contributed by atoms with Crippen molar-refractivity contribution in [2.75, 3.05) is 26.3 Å². The van der Waals surface area contributed by atoms with Crippen molar-refractivity contribution in [1.82, 2.24) is 26.3 Å². The van der Waals surface area contributed by atoms with Crippen molar-refractivity contribution in [3.63, 3.8) is 0 Å². The Balaban J connectivity index is 1.41. The quantitative estimate of drug-likeness (QED) is 0.0210. The third-order valence-electron chi connectivity index (χ3n) is 14.7. The van der Waals surface area contributed by atoms with Gasteiger partial charge < -0.3 is 41.0 Å². The second kappa shape index (κ2) is 43.5. The molecule has 16 heteroatoms. The van der Waals surface area contributed by atoms with Crippen molar-refractivity contribution >= 4 is 42.4 Å². The fourth-order valence-corrected chi connectivity index (χ4v) is 10.6. The number of hydrogen-bond acceptors (Lipinski definition) is 9. The highest BCUT2D eigenvalue weighted by Crippen LogP contribution is 2.43. The molecule has 2 aromatic carbocycles. The number of unbranched alkanes of at least 4 members (excludes halogenated alkanes) is 26. The van der Waals surface area contributed by atoms with E-state index in [-0.39, 0.29) is 43.7 Å². The Morgan fingerprint density at radius 2 is 1.14 bits per heavy atom. The van der Waals surface area contributed by atoms with E-state index in [1.807, 2.05) is 48.5 Å². The minimum Gasteiger partial charge on any atom is -0.489 e. The van der Waals surface area contributed by atoms with Crippen LogP contribution in [0.3, 0.4) is 0 Å². The summed E-state index contributed by atoms with van der Waals surface area (Å²) >= 11 is 0. The summed E-state index contributed by atoms with van der Waals surface area (Å²) in [5.74, 6) is -1.47. The van der Waals surface area contributed by atoms with Gasteiger partial charge in [0, 0.05) is 36.6 Å². The zero-order chi connectivity index (χ0) is 57.2. The number of H-pyrrole nitrogens is 1. The molecule has 0 spiro atoms. The molecule has 4 atom stereocenters. The van der Waals surface area contributed by atoms with Crippen LogP contribution in [-0.2, 0) is 45.8 Å². The fourth-order valence-electron chi connectivity index (χ4n) is 9.85. The number of aliphatic hydroxyl groups is 1. The molecule has 0 saturated heterocycles. The molecular formula is C63H106N5O10P. The highest BCUT2D eigenvalue weighted by Gasteiger charge is 2.29. The summed E-state index contributed by atoms with van der Waals surface area (Å²) < 4.78 is 29.5. The number of phosphoric acid groups is 1. The van der Waals surface area contributed by atoms with Gasteiger partial charge in [0.1, 0.15) is 24.4 Å². The first kappa shape index (κ1) is 69.0. The number of carbonyl (C=O) groups excluding carboxylic acids is 4. The van der Waals surface area contributed by atoms with Crippen LogP contribution in [0.2, 0.25) is 0 Å². The van der Waals surface area contributed by atoms with E-state index < -0.39 is 51.0 Å². The molecule has 79 heavy (non-hydrogen) atoms. The van der Waals surface area contributed by atoms with Crippen molar-refractivity contribution in [2.45, 2.75) is 258 Å². The average Bonchev–Trinajstić information content (AvgIpc) is 3.83. The lowest BCUT2D eigenvalue weighted by Crippen LogP contribution is -2.50. The van der Waals surface area contributed by atoms with E-state index in [0.717, 1.165) is 60.6 Å². The lowest BCUT2D eigenvalue weighted by molar-refractivity contribution is -0.130. The van der Waals surface area contributed by atoms with Crippen molar-refractivity contribution in [2.24, 2.45) is 5.92 Å². The molecule has 1 aromatic heterocycles. The number of phosphoric ester groups is 1. The Kier molecular flexibility index (Phi) is 38.0. The molecule has 0 bridgehead atoms. The van der Waals surface area contributed by atoms with E-state index >= 15 is 0 Å². The normalized spacial score (nSPS) is 13.5. The average molecular weight is 1120 g/mol. The van der Waals surface area contributed by atoms with Crippen LogP contribution in [0.15, 0.2) is 54.7 Å². The Morgan fingerprint density at radius 1 is 0.608 bits per heavy atom. The predicted molar refractivity (Wildman–Crippen MR) is 320 cm³/mol. The van der Waals surface area contributed by atoms with Gasteiger partial charge in [-0.2, -0.15) is 0 Å². The third kappa shape index (κ3) is 33.3. The summed E-state index contributed by atoms with van der Waals surface area (Å²) in [6.07, 6.45) is 36.6. The number of aromatic amines is 1. The molecule has 0 aliphatic rings. The number of aromatic nitrogens is 1. The Morgan fingerprint density at radius 3 is 1.70 bits per heavy atom. The molecule has 0 fully saturated rings. The number of rotatable bonds is 50. The first-order chi connectivity index (χ1) is 38.3. The minimum absolute atomic E-state index is 0.00719. The number of nitrogens with one attached hydrogen (secondary N) is 5. The van der Waals surface area contributed by atoms with Gasteiger partial charge in [0.05, 0.1) is 25.7 Å². The molecular weight excluding hydrogens is 1020 g/mol. The van der Waals surface area contributed by atoms with Crippen LogP contribution < -0.4 is 26.0 Å². The molecule has 15 nitrogen and oxygen atoms in total. The van der Waals surface area contributed by atoms with Crippen LogP contribution in [0.5, 0.6) is 5.75 Å². The predicted octanol–water partition coefficient (Wildman–Crippen LogP) is 13.8. The van der Waals surface area contributed by atoms with Gasteiger partial charge in [-0.15, -0.1) is 0 Å². The van der Waals surface area contributed by atoms with Crippen molar-refractivity contribution in [3.8, 4) is 5.75 Å². The number of fused-ring (bicyclic) bond motifs is 1. The molecule has 448 valence electrons. The zero-order valence-corrected chi connectivity index (χ0v) is 50.2. The second-order valence-electron chi connectivity index (χ2n) is 22.2. The molecule has 3 rings (SSSR count). The molecule has 4 amide bonds. The van der Waals surface area contributed by atoms with E-state index in [2.05, 4.69) is 40.1 Å². The van der Waals surface area contributed by atoms with Crippen LogP contribution in [-0.4, -0.2) is 83.1 Å². The highest BCUT2D eigenvalue weighted by molar-refractivity contribution is 7.47. The molecule has 0 aliphatic heterocycles. The lowest BCUT2D eigenvalue weighted by Gasteiger charge is -2.22. The largest absolute Gasteiger partial charge is 0.489 e. The summed E-state index contributed by atoms with van der Waals surface area (Å²) in [5.41, 5.74) is 2.61. The van der Waals surface area contributed by atoms with E-state index in [1.54, 1.807) is 20.0 Å². The monoisotopic (exact) mass is 1120 g/mol. The van der Waals surface area contributed by atoms with Crippen LogP contribution in [0.1, 0.15) is 238 Å². The Labute approximate surface area is 476 Å². The fraction of sp³-hybridized carbons (Fsp3) is 0.714. The number of amides is 4. The summed E-state index contributed by atoms with van der Waals surface area (Å²) in [4.78, 5) is 67.1. The maximum Gasteiger partial charge on any atom is 0.472 e. The number of benzene rings is 2. The van der Waals surface area contributed by atoms with Crippen LogP contribution >= 0.6 is 7.82 Å². The van der Waals surface area contributed by atoms with E-state index in [0.29, 0.717) is 31.6 Å². The van der Waals surface area contributed by atoms with Crippen LogP contribution in [0.25, 0.3) is 10.9 Å². The van der Waals surface area contributed by atoms with Crippen molar-refractivity contribution < 1.29 is 47.5 Å². The molecule has 3 aromatic rings. The second-order valence-corrected chi connectivity index (χ2v) is 23.7. The number of ether oxygens (including phenoxy) is 1. The molecule has 0 saturated carbocycles. The molecule has 2 unspecified atom stereocenters. The van der Waals surface area contributed by atoms with Gasteiger partial charge in [0.2, 0.25) is 23.6 Å². The Bertz CT molecular complexity index is 2120. The molecule has 7 N–H and O–H groups in total. The van der Waals surface area contributed by atoms with Gasteiger partial charge in [-0.1, -0.05) is 231 Å². The van der Waals surface area contributed by atoms with E-state index in [9.17, 15) is 33.7 Å². The SMILES string of the molecule is CCCCCCCCCCCCCCCCCCCC(=O)N[C@@H](COP(=O)(O)OCCNC(=O)[C@@H](NC(=O)Cc1c[nH]c2ccc(OCc3ccccc3)cc12)C(C)C)C(=O)NCCC(O)CCCCCCCCCCCCC. The maximum absolute atomic E-state index is 13.4. The first-order valence-electron chi connectivity index (χ1n) is 31.0. The molecule has 0 aliphatic carbocycles. The third-order valence-corrected chi connectivity index (χ3v) is 15.7. The maximum atomic E-state index is 13.4. The number of hydrogen-bond donors (Lipinski definition) is 7.